The summed E-state index contributed by atoms with van der Waals surface area (Å²) in [5.41, 5.74) is 0. The first-order valence-electron chi connectivity index (χ1n) is 15.8. The van der Waals surface area contributed by atoms with E-state index in [1.165, 1.54) is 0 Å². The van der Waals surface area contributed by atoms with Crippen LogP contribution in [-0.4, -0.2) is 14.7 Å². The van der Waals surface area contributed by atoms with E-state index in [0.717, 1.165) is 31.8 Å². The Morgan fingerprint density at radius 3 is 0.500 bits per heavy atom. The van der Waals surface area contributed by atoms with Crippen molar-refractivity contribution in [3.05, 3.63) is 200 Å². The van der Waals surface area contributed by atoms with Crippen molar-refractivity contribution in [2.24, 2.45) is 0 Å². The Morgan fingerprint density at radius 2 is 0.354 bits per heavy atom. The van der Waals surface area contributed by atoms with Gasteiger partial charge in [-0.2, -0.15) is 0 Å². The van der Waals surface area contributed by atoms with Gasteiger partial charge >= 0.3 is 0 Å². The maximum atomic E-state index is 13.3. The Labute approximate surface area is 284 Å². The van der Waals surface area contributed by atoms with Crippen molar-refractivity contribution in [3.63, 3.8) is 0 Å². The molecule has 3 nitrogen and oxygen atoms in total. The smallest absolute Gasteiger partial charge is 0.235 e. The van der Waals surface area contributed by atoms with Gasteiger partial charge in [-0.25, -0.2) is 14.7 Å². The monoisotopic (exact) mass is 681 g/mol. The van der Waals surface area contributed by atoms with Gasteiger partial charge in [0.2, 0.25) is 22.5 Å². The van der Waals surface area contributed by atoms with Crippen molar-refractivity contribution in [3.8, 4) is 0 Å². The van der Waals surface area contributed by atoms with Crippen LogP contribution in [0.25, 0.3) is 0 Å². The Bertz CT molecular complexity index is 1720. The maximum Gasteiger partial charge on any atom is 0.238 e. The lowest BCUT2D eigenvalue weighted by atomic mass is 10.3. The lowest BCUT2D eigenvalue weighted by Gasteiger charge is -2.26. The van der Waals surface area contributed by atoms with Crippen LogP contribution >= 0.6 is 22.5 Å². The van der Waals surface area contributed by atoms with Crippen molar-refractivity contribution in [1.82, 2.24) is 0 Å². The van der Waals surface area contributed by atoms with Gasteiger partial charge in [-0.3, -0.25) is 0 Å². The van der Waals surface area contributed by atoms with E-state index < -0.39 is 22.5 Å². The molecular formula is C42H36O3P3+3. The van der Waals surface area contributed by atoms with E-state index >= 15 is 0 Å². The van der Waals surface area contributed by atoms with E-state index in [4.69, 9.17) is 0 Å². The molecule has 0 bridgehead atoms. The third-order valence-electron chi connectivity index (χ3n) is 8.79. The van der Waals surface area contributed by atoms with Crippen molar-refractivity contribution in [1.29, 1.82) is 0 Å². The van der Waals surface area contributed by atoms with Crippen molar-refractivity contribution >= 4 is 70.2 Å². The average Bonchev–Trinajstić information content (AvgIpc) is 3.18. The summed E-state index contributed by atoms with van der Waals surface area (Å²) in [7, 11) is -9.82. The average molecular weight is 682 g/mol. The standard InChI is InChI=1S/C42H36O3P3/c43-46(34-19-7-1-8-20-34,35-21-9-2-10-22-35)40-31-41(47(44,36-23-11-3-12-24-36)37-25-13-4-14-26-37)33-42(32-40)48(45,38-27-15-5-16-28-38)39-29-17-6-18-30-39/h1-33,43-45H/q+3. The molecule has 3 N–H and O–H groups in total. The molecular weight excluding hydrogens is 645 g/mol. The molecule has 48 heavy (non-hydrogen) atoms. The molecule has 0 aliphatic rings. The fourth-order valence-corrected chi connectivity index (χ4v) is 14.9. The van der Waals surface area contributed by atoms with Gasteiger partial charge in [0.15, 0.2) is 0 Å². The summed E-state index contributed by atoms with van der Waals surface area (Å²) in [5, 5.41) is 6.77. The molecule has 7 rings (SSSR count). The quantitative estimate of drug-likeness (QED) is 0.182. The predicted octanol–water partition coefficient (Wildman–Crippen LogP) is 5.29. The minimum absolute atomic E-state index is 0.669. The molecule has 0 fully saturated rings. The van der Waals surface area contributed by atoms with Crippen LogP contribution in [0.4, 0.5) is 0 Å². The topological polar surface area (TPSA) is 60.7 Å². The van der Waals surface area contributed by atoms with Crippen LogP contribution in [0.5, 0.6) is 0 Å². The molecule has 0 aliphatic carbocycles. The highest BCUT2D eigenvalue weighted by molar-refractivity contribution is 7.93. The third-order valence-corrected chi connectivity index (χ3v) is 18.1. The van der Waals surface area contributed by atoms with E-state index in [1.54, 1.807) is 0 Å². The predicted molar refractivity (Wildman–Crippen MR) is 209 cm³/mol. The lowest BCUT2D eigenvalue weighted by Crippen LogP contribution is -2.40. The largest absolute Gasteiger partial charge is 0.238 e. The van der Waals surface area contributed by atoms with E-state index in [9.17, 15) is 14.7 Å². The molecule has 234 valence electrons. The first kappa shape index (κ1) is 32.3. The number of hydrogen-bond donors (Lipinski definition) is 3. The second kappa shape index (κ2) is 13.7. The molecule has 0 aliphatic heterocycles. The molecule has 0 saturated heterocycles. The Morgan fingerprint density at radius 1 is 0.208 bits per heavy atom. The Kier molecular flexibility index (Phi) is 9.19. The maximum absolute atomic E-state index is 13.3. The van der Waals surface area contributed by atoms with Crippen LogP contribution < -0.4 is 47.7 Å². The van der Waals surface area contributed by atoms with Gasteiger partial charge in [0.25, 0.3) is 0 Å². The van der Waals surface area contributed by atoms with Crippen LogP contribution in [0.1, 0.15) is 0 Å². The van der Waals surface area contributed by atoms with Crippen LogP contribution in [0.15, 0.2) is 200 Å². The van der Waals surface area contributed by atoms with Crippen LogP contribution in [0.3, 0.4) is 0 Å². The summed E-state index contributed by atoms with van der Waals surface area (Å²) >= 11 is 0. The minimum Gasteiger partial charge on any atom is -0.235 e. The molecule has 0 aromatic heterocycles. The molecule has 0 spiro atoms. The fourth-order valence-electron chi connectivity index (χ4n) is 6.34. The lowest BCUT2D eigenvalue weighted by molar-refractivity contribution is 0.632. The van der Waals surface area contributed by atoms with Gasteiger partial charge < -0.3 is 0 Å². The van der Waals surface area contributed by atoms with Gasteiger partial charge in [-0.1, -0.05) is 109 Å². The van der Waals surface area contributed by atoms with E-state index in [0.29, 0.717) is 15.9 Å². The summed E-state index contributed by atoms with van der Waals surface area (Å²) < 4.78 is 0. The summed E-state index contributed by atoms with van der Waals surface area (Å²) in [6.45, 7) is 0. The van der Waals surface area contributed by atoms with E-state index in [-0.39, 0.29) is 0 Å². The Balaban J connectivity index is 1.62. The number of hydrogen-bond acceptors (Lipinski definition) is 3. The molecule has 6 heteroatoms. The number of benzene rings is 7. The second-order valence-electron chi connectivity index (χ2n) is 11.6. The number of rotatable bonds is 9. The van der Waals surface area contributed by atoms with Gasteiger partial charge in [0.1, 0.15) is 47.7 Å². The van der Waals surface area contributed by atoms with Gasteiger partial charge in [-0.05, 0) is 72.8 Å². The highest BCUT2D eigenvalue weighted by Crippen LogP contribution is 2.57. The molecule has 0 heterocycles. The fraction of sp³-hybridized carbons (Fsp3) is 0. The molecule has 0 amide bonds. The van der Waals surface area contributed by atoms with Crippen LogP contribution in [0, 0.1) is 0 Å². The molecule has 7 aromatic rings. The van der Waals surface area contributed by atoms with E-state index in [2.05, 4.69) is 0 Å². The molecule has 0 unspecified atom stereocenters. The Hall–Kier alpha value is -4.29. The summed E-state index contributed by atoms with van der Waals surface area (Å²) in [4.78, 5) is 39.8. The van der Waals surface area contributed by atoms with Crippen molar-refractivity contribution < 1.29 is 14.7 Å². The SMILES string of the molecule is O[P+](c1ccccc1)(c1ccccc1)c1cc([P+](O)(c2ccccc2)c2ccccc2)cc([P+](O)(c2ccccc2)c2ccccc2)c1. The minimum atomic E-state index is -3.27. The molecule has 0 radical (unpaired) electrons. The van der Waals surface area contributed by atoms with Gasteiger partial charge in [0, 0.05) is 18.2 Å². The van der Waals surface area contributed by atoms with Crippen molar-refractivity contribution in [2.45, 2.75) is 0 Å². The summed E-state index contributed by atoms with van der Waals surface area (Å²) in [5.74, 6) is 0. The highest BCUT2D eigenvalue weighted by atomic mass is 31.2. The molecule has 0 atom stereocenters. The van der Waals surface area contributed by atoms with Crippen LogP contribution in [-0.2, 0) is 0 Å². The van der Waals surface area contributed by atoms with Crippen molar-refractivity contribution in [2.75, 3.05) is 0 Å². The van der Waals surface area contributed by atoms with Gasteiger partial charge in [0.05, 0.1) is 0 Å². The van der Waals surface area contributed by atoms with E-state index in [1.807, 2.05) is 200 Å². The second-order valence-corrected chi connectivity index (χ2v) is 20.1. The first-order valence-corrected chi connectivity index (χ1v) is 21.0. The zero-order valence-electron chi connectivity index (χ0n) is 26.2. The highest BCUT2D eigenvalue weighted by Gasteiger charge is 2.53. The summed E-state index contributed by atoms with van der Waals surface area (Å²) in [6.07, 6.45) is 0. The zero-order valence-corrected chi connectivity index (χ0v) is 28.9. The first-order chi connectivity index (χ1) is 23.4. The summed E-state index contributed by atoms with van der Waals surface area (Å²) in [6, 6.07) is 64.7. The normalized spacial score (nSPS) is 12.1. The van der Waals surface area contributed by atoms with Crippen LogP contribution in [0.2, 0.25) is 0 Å². The molecule has 7 aromatic carbocycles. The van der Waals surface area contributed by atoms with Gasteiger partial charge in [-0.15, -0.1) is 0 Å². The zero-order chi connectivity index (χ0) is 33.0. The third kappa shape index (κ3) is 5.74. The molecule has 0 saturated carbocycles.